The van der Waals surface area contributed by atoms with Gasteiger partial charge < -0.3 is 0 Å². The van der Waals surface area contributed by atoms with Crippen molar-refractivity contribution in [3.63, 3.8) is 0 Å². The SMILES string of the molecule is Cc1ccc(-c2cc(Br)ccc2F)cc1. The Balaban J connectivity index is 2.53. The maximum absolute atomic E-state index is 13.5. The number of hydrogen-bond donors (Lipinski definition) is 0. The fourth-order valence-electron chi connectivity index (χ4n) is 1.45. The lowest BCUT2D eigenvalue weighted by Gasteiger charge is -2.04. The lowest BCUT2D eigenvalue weighted by Crippen LogP contribution is -1.84. The summed E-state index contributed by atoms with van der Waals surface area (Å²) in [6.45, 7) is 2.01. The zero-order valence-corrected chi connectivity index (χ0v) is 9.88. The molecule has 0 saturated heterocycles. The molecular formula is C13H10BrF. The summed E-state index contributed by atoms with van der Waals surface area (Å²) in [6, 6.07) is 12.8. The van der Waals surface area contributed by atoms with E-state index in [9.17, 15) is 4.39 Å². The van der Waals surface area contributed by atoms with Gasteiger partial charge in [0.25, 0.3) is 0 Å². The molecule has 0 fully saturated rings. The number of halogens is 2. The van der Waals surface area contributed by atoms with Gasteiger partial charge in [0.05, 0.1) is 0 Å². The van der Waals surface area contributed by atoms with Crippen molar-refractivity contribution in [2.45, 2.75) is 6.92 Å². The lowest BCUT2D eigenvalue weighted by molar-refractivity contribution is 0.631. The van der Waals surface area contributed by atoms with Crippen LogP contribution in [0.5, 0.6) is 0 Å². The molecular weight excluding hydrogens is 255 g/mol. The summed E-state index contributed by atoms with van der Waals surface area (Å²) in [5.41, 5.74) is 2.71. The van der Waals surface area contributed by atoms with Gasteiger partial charge in [0.1, 0.15) is 5.82 Å². The average Bonchev–Trinajstić information content (AvgIpc) is 2.23. The Labute approximate surface area is 96.9 Å². The molecule has 2 rings (SSSR count). The first kappa shape index (κ1) is 10.4. The molecule has 0 heterocycles. The second-order valence-electron chi connectivity index (χ2n) is 3.49. The highest BCUT2D eigenvalue weighted by molar-refractivity contribution is 9.10. The Morgan fingerprint density at radius 3 is 2.33 bits per heavy atom. The van der Waals surface area contributed by atoms with Crippen LogP contribution in [-0.2, 0) is 0 Å². The van der Waals surface area contributed by atoms with Crippen LogP contribution >= 0.6 is 15.9 Å². The molecule has 0 aliphatic carbocycles. The molecule has 0 saturated carbocycles. The standard InChI is InChI=1S/C13H10BrF/c1-9-2-4-10(5-3-9)12-8-11(14)6-7-13(12)15/h2-8H,1H3. The van der Waals surface area contributed by atoms with E-state index >= 15 is 0 Å². The second-order valence-corrected chi connectivity index (χ2v) is 4.41. The fraction of sp³-hybridized carbons (Fsp3) is 0.0769. The molecule has 0 aliphatic rings. The van der Waals surface area contributed by atoms with E-state index in [-0.39, 0.29) is 5.82 Å². The molecule has 0 spiro atoms. The smallest absolute Gasteiger partial charge is 0.131 e. The van der Waals surface area contributed by atoms with E-state index in [0.717, 1.165) is 10.0 Å². The third-order valence-corrected chi connectivity index (χ3v) is 2.78. The first-order chi connectivity index (χ1) is 7.16. The van der Waals surface area contributed by atoms with Crippen LogP contribution in [0.25, 0.3) is 11.1 Å². The van der Waals surface area contributed by atoms with Gasteiger partial charge in [-0.15, -0.1) is 0 Å². The van der Waals surface area contributed by atoms with Crippen LogP contribution in [0.1, 0.15) is 5.56 Å². The Hall–Kier alpha value is -1.15. The molecule has 0 aliphatic heterocycles. The molecule has 0 atom stereocenters. The molecule has 2 aromatic carbocycles. The van der Waals surface area contributed by atoms with Crippen molar-refractivity contribution < 1.29 is 4.39 Å². The quantitative estimate of drug-likeness (QED) is 0.708. The van der Waals surface area contributed by atoms with E-state index in [1.165, 1.54) is 11.6 Å². The van der Waals surface area contributed by atoms with Crippen LogP contribution < -0.4 is 0 Å². The van der Waals surface area contributed by atoms with E-state index in [1.807, 2.05) is 31.2 Å². The van der Waals surface area contributed by atoms with Crippen molar-refractivity contribution in [1.82, 2.24) is 0 Å². The highest BCUT2D eigenvalue weighted by Gasteiger charge is 2.04. The van der Waals surface area contributed by atoms with Crippen LogP contribution in [0.4, 0.5) is 4.39 Å². The molecule has 0 nitrogen and oxygen atoms in total. The minimum absolute atomic E-state index is 0.193. The first-order valence-electron chi connectivity index (χ1n) is 4.69. The van der Waals surface area contributed by atoms with Crippen LogP contribution in [0, 0.1) is 12.7 Å². The molecule has 2 aromatic rings. The van der Waals surface area contributed by atoms with Crippen molar-refractivity contribution in [2.75, 3.05) is 0 Å². The molecule has 0 radical (unpaired) electrons. The zero-order chi connectivity index (χ0) is 10.8. The number of hydrogen-bond acceptors (Lipinski definition) is 0. The molecule has 0 unspecified atom stereocenters. The highest BCUT2D eigenvalue weighted by Crippen LogP contribution is 2.26. The van der Waals surface area contributed by atoms with Crippen molar-refractivity contribution in [3.8, 4) is 11.1 Å². The van der Waals surface area contributed by atoms with Gasteiger partial charge in [0, 0.05) is 10.0 Å². The van der Waals surface area contributed by atoms with Crippen molar-refractivity contribution in [3.05, 3.63) is 58.3 Å². The van der Waals surface area contributed by atoms with Crippen molar-refractivity contribution in [2.24, 2.45) is 0 Å². The first-order valence-corrected chi connectivity index (χ1v) is 5.48. The summed E-state index contributed by atoms with van der Waals surface area (Å²) in [5, 5.41) is 0. The predicted octanol–water partition coefficient (Wildman–Crippen LogP) is 4.56. The normalized spacial score (nSPS) is 10.3. The summed E-state index contributed by atoms with van der Waals surface area (Å²) in [5.74, 6) is -0.193. The van der Waals surface area contributed by atoms with Crippen molar-refractivity contribution >= 4 is 15.9 Å². The molecule has 0 N–H and O–H groups in total. The Morgan fingerprint density at radius 2 is 1.67 bits per heavy atom. The van der Waals surface area contributed by atoms with Gasteiger partial charge >= 0.3 is 0 Å². The van der Waals surface area contributed by atoms with Gasteiger partial charge in [-0.05, 0) is 30.7 Å². The molecule has 2 heteroatoms. The topological polar surface area (TPSA) is 0 Å². The lowest BCUT2D eigenvalue weighted by atomic mass is 10.0. The summed E-state index contributed by atoms with van der Waals surface area (Å²) < 4.78 is 14.4. The van der Waals surface area contributed by atoms with E-state index in [4.69, 9.17) is 0 Å². The van der Waals surface area contributed by atoms with Gasteiger partial charge in [0.2, 0.25) is 0 Å². The molecule has 76 valence electrons. The van der Waals surface area contributed by atoms with Gasteiger partial charge in [-0.1, -0.05) is 45.8 Å². The summed E-state index contributed by atoms with van der Waals surface area (Å²) in [7, 11) is 0. The van der Waals surface area contributed by atoms with E-state index < -0.39 is 0 Å². The minimum Gasteiger partial charge on any atom is -0.206 e. The third kappa shape index (κ3) is 2.26. The maximum Gasteiger partial charge on any atom is 0.131 e. The second kappa shape index (κ2) is 4.15. The molecule has 0 aromatic heterocycles. The Bertz CT molecular complexity index is 474. The van der Waals surface area contributed by atoms with Crippen LogP contribution in [0.2, 0.25) is 0 Å². The Kier molecular flexibility index (Phi) is 2.87. The van der Waals surface area contributed by atoms with E-state index in [1.54, 1.807) is 12.1 Å². The van der Waals surface area contributed by atoms with Crippen molar-refractivity contribution in [1.29, 1.82) is 0 Å². The van der Waals surface area contributed by atoms with E-state index in [2.05, 4.69) is 15.9 Å². The summed E-state index contributed by atoms with van der Waals surface area (Å²) in [4.78, 5) is 0. The monoisotopic (exact) mass is 264 g/mol. The highest BCUT2D eigenvalue weighted by atomic mass is 79.9. The average molecular weight is 265 g/mol. The zero-order valence-electron chi connectivity index (χ0n) is 8.30. The predicted molar refractivity (Wildman–Crippen MR) is 64.3 cm³/mol. The third-order valence-electron chi connectivity index (χ3n) is 2.29. The fourth-order valence-corrected chi connectivity index (χ4v) is 1.81. The van der Waals surface area contributed by atoms with Crippen LogP contribution in [-0.4, -0.2) is 0 Å². The summed E-state index contributed by atoms with van der Waals surface area (Å²) in [6.07, 6.45) is 0. The molecule has 0 amide bonds. The van der Waals surface area contributed by atoms with Crippen LogP contribution in [0.15, 0.2) is 46.9 Å². The van der Waals surface area contributed by atoms with Crippen LogP contribution in [0.3, 0.4) is 0 Å². The molecule has 0 bridgehead atoms. The van der Waals surface area contributed by atoms with Gasteiger partial charge in [-0.3, -0.25) is 0 Å². The van der Waals surface area contributed by atoms with E-state index in [0.29, 0.717) is 5.56 Å². The minimum atomic E-state index is -0.193. The number of benzene rings is 2. The summed E-state index contributed by atoms with van der Waals surface area (Å²) >= 11 is 3.34. The van der Waals surface area contributed by atoms with Gasteiger partial charge in [0.15, 0.2) is 0 Å². The van der Waals surface area contributed by atoms with Gasteiger partial charge in [-0.2, -0.15) is 0 Å². The largest absolute Gasteiger partial charge is 0.206 e. The number of rotatable bonds is 1. The van der Waals surface area contributed by atoms with Gasteiger partial charge in [-0.25, -0.2) is 4.39 Å². The number of aryl methyl sites for hydroxylation is 1. The Morgan fingerprint density at radius 1 is 1.00 bits per heavy atom. The molecule has 15 heavy (non-hydrogen) atoms. The maximum atomic E-state index is 13.5.